The SMILES string of the molecule is Cc1ccc(-c2csc(NC(=O)CSc3cccc(NC(=O)Cc4ccc(Cl)cc4)c3)n2)cc1. The Kier molecular flexibility index (Phi) is 8.00. The molecule has 8 heteroatoms. The van der Waals surface area contributed by atoms with E-state index in [1.54, 1.807) is 12.1 Å². The topological polar surface area (TPSA) is 71.1 Å². The molecule has 0 aliphatic carbocycles. The molecule has 0 atom stereocenters. The van der Waals surface area contributed by atoms with Crippen LogP contribution in [0.2, 0.25) is 5.02 Å². The zero-order chi connectivity index (χ0) is 23.9. The second kappa shape index (κ2) is 11.3. The van der Waals surface area contributed by atoms with Gasteiger partial charge in [0, 0.05) is 26.5 Å². The maximum atomic E-state index is 12.4. The number of nitrogens with zero attached hydrogens (tertiary/aromatic N) is 1. The van der Waals surface area contributed by atoms with Crippen LogP contribution in [-0.2, 0) is 16.0 Å². The van der Waals surface area contributed by atoms with Crippen LogP contribution in [0.1, 0.15) is 11.1 Å². The van der Waals surface area contributed by atoms with E-state index in [1.807, 2.05) is 73.0 Å². The van der Waals surface area contributed by atoms with Crippen molar-refractivity contribution in [3.05, 3.63) is 94.3 Å². The van der Waals surface area contributed by atoms with Gasteiger partial charge >= 0.3 is 0 Å². The second-order valence-electron chi connectivity index (χ2n) is 7.62. The number of thioether (sulfide) groups is 1. The molecular formula is C26H22ClN3O2S2. The number of benzene rings is 3. The number of halogens is 1. The first kappa shape index (κ1) is 24.0. The van der Waals surface area contributed by atoms with Crippen LogP contribution < -0.4 is 10.6 Å². The average molecular weight is 508 g/mol. The third-order valence-corrected chi connectivity index (χ3v) is 6.87. The fourth-order valence-electron chi connectivity index (χ4n) is 3.15. The van der Waals surface area contributed by atoms with Crippen LogP contribution in [-0.4, -0.2) is 22.6 Å². The van der Waals surface area contributed by atoms with Gasteiger partial charge in [-0.25, -0.2) is 4.98 Å². The summed E-state index contributed by atoms with van der Waals surface area (Å²) in [6.07, 6.45) is 0.259. The third kappa shape index (κ3) is 6.93. The van der Waals surface area contributed by atoms with Gasteiger partial charge in [0.2, 0.25) is 11.8 Å². The predicted molar refractivity (Wildman–Crippen MR) is 142 cm³/mol. The Labute approximate surface area is 211 Å². The summed E-state index contributed by atoms with van der Waals surface area (Å²) >= 11 is 8.69. The molecule has 4 rings (SSSR count). The number of aromatic nitrogens is 1. The molecule has 0 bridgehead atoms. The van der Waals surface area contributed by atoms with E-state index >= 15 is 0 Å². The van der Waals surface area contributed by atoms with Crippen molar-refractivity contribution in [3.8, 4) is 11.3 Å². The summed E-state index contributed by atoms with van der Waals surface area (Å²) in [5.41, 5.74) is 4.63. The number of thiazole rings is 1. The third-order valence-electron chi connectivity index (χ3n) is 4.86. The zero-order valence-electron chi connectivity index (χ0n) is 18.4. The number of nitrogens with one attached hydrogen (secondary N) is 2. The molecule has 0 aliphatic heterocycles. The number of carbonyl (C=O) groups excluding carboxylic acids is 2. The van der Waals surface area contributed by atoms with Gasteiger partial charge in [-0.2, -0.15) is 0 Å². The van der Waals surface area contributed by atoms with Gasteiger partial charge < -0.3 is 10.6 Å². The van der Waals surface area contributed by atoms with E-state index in [1.165, 1.54) is 28.7 Å². The van der Waals surface area contributed by atoms with Gasteiger partial charge in [-0.1, -0.05) is 59.6 Å². The Bertz CT molecular complexity index is 1290. The molecule has 0 saturated carbocycles. The van der Waals surface area contributed by atoms with Crippen LogP contribution >= 0.6 is 34.7 Å². The first-order valence-corrected chi connectivity index (χ1v) is 12.8. The Balaban J connectivity index is 1.28. The summed E-state index contributed by atoms with van der Waals surface area (Å²) in [5, 5.41) is 8.91. The zero-order valence-corrected chi connectivity index (χ0v) is 20.8. The van der Waals surface area contributed by atoms with Crippen LogP contribution in [0.5, 0.6) is 0 Å². The Morgan fingerprint density at radius 2 is 1.74 bits per heavy atom. The summed E-state index contributed by atoms with van der Waals surface area (Å²) in [4.78, 5) is 30.2. The highest BCUT2D eigenvalue weighted by Crippen LogP contribution is 2.26. The minimum absolute atomic E-state index is 0.115. The van der Waals surface area contributed by atoms with E-state index in [0.717, 1.165) is 21.7 Å². The summed E-state index contributed by atoms with van der Waals surface area (Å²) in [6.45, 7) is 2.04. The molecule has 0 radical (unpaired) electrons. The lowest BCUT2D eigenvalue weighted by atomic mass is 10.1. The Morgan fingerprint density at radius 3 is 2.50 bits per heavy atom. The fraction of sp³-hybridized carbons (Fsp3) is 0.115. The highest BCUT2D eigenvalue weighted by Gasteiger charge is 2.10. The number of anilines is 2. The van der Waals surface area contributed by atoms with E-state index in [0.29, 0.717) is 15.8 Å². The standard InChI is InChI=1S/C26H22ClN3O2S2/c1-17-5-9-19(10-6-17)23-15-34-26(29-23)30-25(32)16-33-22-4-2-3-21(14-22)28-24(31)13-18-7-11-20(27)12-8-18/h2-12,14-15H,13,16H2,1H3,(H,28,31)(H,29,30,32). The highest BCUT2D eigenvalue weighted by atomic mass is 35.5. The first-order valence-electron chi connectivity index (χ1n) is 10.5. The molecular weight excluding hydrogens is 486 g/mol. The quantitative estimate of drug-likeness (QED) is 0.261. The van der Waals surface area contributed by atoms with E-state index < -0.39 is 0 Å². The van der Waals surface area contributed by atoms with E-state index in [9.17, 15) is 9.59 Å². The smallest absolute Gasteiger partial charge is 0.236 e. The minimum Gasteiger partial charge on any atom is -0.326 e. The molecule has 2 N–H and O–H groups in total. The molecule has 0 fully saturated rings. The van der Waals surface area contributed by atoms with Crippen LogP contribution in [0.4, 0.5) is 10.8 Å². The van der Waals surface area contributed by atoms with Crippen molar-refractivity contribution in [2.75, 3.05) is 16.4 Å². The molecule has 0 aliphatic rings. The largest absolute Gasteiger partial charge is 0.326 e. The Morgan fingerprint density at radius 1 is 0.971 bits per heavy atom. The van der Waals surface area contributed by atoms with Gasteiger partial charge in [-0.3, -0.25) is 9.59 Å². The van der Waals surface area contributed by atoms with Gasteiger partial charge in [0.05, 0.1) is 17.9 Å². The van der Waals surface area contributed by atoms with Gasteiger partial charge in [-0.05, 0) is 42.8 Å². The van der Waals surface area contributed by atoms with E-state index in [4.69, 9.17) is 11.6 Å². The molecule has 2 amide bonds. The Hall–Kier alpha value is -3.13. The van der Waals surface area contributed by atoms with Crippen molar-refractivity contribution in [1.29, 1.82) is 0 Å². The van der Waals surface area contributed by atoms with Crippen molar-refractivity contribution in [1.82, 2.24) is 4.98 Å². The second-order valence-corrected chi connectivity index (χ2v) is 9.96. The molecule has 1 aromatic heterocycles. The predicted octanol–water partition coefficient (Wildman–Crippen LogP) is 6.68. The molecule has 0 unspecified atom stereocenters. The first-order chi connectivity index (χ1) is 16.4. The lowest BCUT2D eigenvalue weighted by molar-refractivity contribution is -0.115. The molecule has 34 heavy (non-hydrogen) atoms. The summed E-state index contributed by atoms with van der Waals surface area (Å²) < 4.78 is 0. The molecule has 1 heterocycles. The molecule has 5 nitrogen and oxygen atoms in total. The molecule has 4 aromatic rings. The van der Waals surface area contributed by atoms with Crippen LogP contribution in [0.25, 0.3) is 11.3 Å². The van der Waals surface area contributed by atoms with Crippen LogP contribution in [0.15, 0.2) is 83.1 Å². The number of aryl methyl sites for hydroxylation is 1. The number of rotatable bonds is 8. The number of carbonyl (C=O) groups is 2. The lowest BCUT2D eigenvalue weighted by Gasteiger charge is -2.08. The van der Waals surface area contributed by atoms with E-state index in [2.05, 4.69) is 15.6 Å². The van der Waals surface area contributed by atoms with Crippen molar-refractivity contribution in [3.63, 3.8) is 0 Å². The molecule has 172 valence electrons. The average Bonchev–Trinajstić information content (AvgIpc) is 3.28. The minimum atomic E-state index is -0.132. The summed E-state index contributed by atoms with van der Waals surface area (Å²) in [7, 11) is 0. The van der Waals surface area contributed by atoms with Gasteiger partial charge in [0.25, 0.3) is 0 Å². The van der Waals surface area contributed by atoms with Crippen molar-refractivity contribution < 1.29 is 9.59 Å². The van der Waals surface area contributed by atoms with E-state index in [-0.39, 0.29) is 24.0 Å². The van der Waals surface area contributed by atoms with Crippen molar-refractivity contribution in [2.45, 2.75) is 18.2 Å². The highest BCUT2D eigenvalue weighted by molar-refractivity contribution is 8.00. The van der Waals surface area contributed by atoms with Gasteiger partial charge in [0.15, 0.2) is 5.13 Å². The maximum Gasteiger partial charge on any atom is 0.236 e. The molecule has 3 aromatic carbocycles. The fourth-order valence-corrected chi connectivity index (χ4v) is 4.77. The van der Waals surface area contributed by atoms with Gasteiger partial charge in [0.1, 0.15) is 0 Å². The lowest BCUT2D eigenvalue weighted by Crippen LogP contribution is -2.15. The molecule has 0 saturated heterocycles. The van der Waals surface area contributed by atoms with Gasteiger partial charge in [-0.15, -0.1) is 23.1 Å². The van der Waals surface area contributed by atoms with Crippen LogP contribution in [0.3, 0.4) is 0 Å². The summed E-state index contributed by atoms with van der Waals surface area (Å²) in [5.74, 6) is -0.0101. The van der Waals surface area contributed by atoms with Crippen molar-refractivity contribution >= 4 is 57.3 Å². The van der Waals surface area contributed by atoms with Crippen molar-refractivity contribution in [2.24, 2.45) is 0 Å². The summed E-state index contributed by atoms with van der Waals surface area (Å²) in [6, 6.07) is 22.8. The normalized spacial score (nSPS) is 10.6. The van der Waals surface area contributed by atoms with Crippen LogP contribution in [0, 0.1) is 6.92 Å². The number of amides is 2. The number of hydrogen-bond donors (Lipinski definition) is 2. The molecule has 0 spiro atoms. The maximum absolute atomic E-state index is 12.4. The monoisotopic (exact) mass is 507 g/mol. The number of hydrogen-bond acceptors (Lipinski definition) is 5.